The van der Waals surface area contributed by atoms with Gasteiger partial charge in [-0.05, 0) is 31.6 Å². The number of anilines is 1. The fourth-order valence-corrected chi connectivity index (χ4v) is 3.22. The maximum absolute atomic E-state index is 5.90. The van der Waals surface area contributed by atoms with Crippen LogP contribution >= 0.6 is 0 Å². The molecule has 0 saturated heterocycles. The van der Waals surface area contributed by atoms with Crippen molar-refractivity contribution < 1.29 is 0 Å². The molecule has 2 N–H and O–H groups in total. The van der Waals surface area contributed by atoms with Gasteiger partial charge in [-0.3, -0.25) is 4.40 Å². The molecule has 102 valence electrons. The number of hydrogen-bond acceptors (Lipinski definition) is 4. The van der Waals surface area contributed by atoms with Crippen LogP contribution in [0.1, 0.15) is 50.5 Å². The van der Waals surface area contributed by atoms with Crippen molar-refractivity contribution in [3.8, 4) is 0 Å². The molecule has 0 amide bonds. The van der Waals surface area contributed by atoms with Crippen LogP contribution in [0, 0.1) is 18.8 Å². The van der Waals surface area contributed by atoms with Gasteiger partial charge in [-0.25, -0.2) is 4.98 Å². The first kappa shape index (κ1) is 12.4. The van der Waals surface area contributed by atoms with Crippen LogP contribution in [-0.2, 0) is 0 Å². The molecule has 2 heterocycles. The molecular weight excluding hydrogens is 237 g/mol. The molecule has 19 heavy (non-hydrogen) atoms. The van der Waals surface area contributed by atoms with Gasteiger partial charge in [0.25, 0.3) is 0 Å². The molecule has 1 unspecified atom stereocenters. The lowest BCUT2D eigenvalue weighted by Gasteiger charge is -2.31. The minimum atomic E-state index is 0.459. The van der Waals surface area contributed by atoms with E-state index in [9.17, 15) is 0 Å². The topological polar surface area (TPSA) is 69.1 Å². The Morgan fingerprint density at radius 3 is 2.84 bits per heavy atom. The minimum absolute atomic E-state index is 0.459. The van der Waals surface area contributed by atoms with E-state index in [0.717, 1.165) is 17.4 Å². The van der Waals surface area contributed by atoms with E-state index in [4.69, 9.17) is 5.73 Å². The molecule has 0 radical (unpaired) electrons. The van der Waals surface area contributed by atoms with Gasteiger partial charge in [-0.2, -0.15) is 0 Å². The van der Waals surface area contributed by atoms with Gasteiger partial charge in [0.2, 0.25) is 5.65 Å². The van der Waals surface area contributed by atoms with Crippen molar-refractivity contribution in [2.45, 2.75) is 46.0 Å². The van der Waals surface area contributed by atoms with Crippen molar-refractivity contribution in [1.82, 2.24) is 19.6 Å². The van der Waals surface area contributed by atoms with E-state index >= 15 is 0 Å². The summed E-state index contributed by atoms with van der Waals surface area (Å²) in [4.78, 5) is 4.15. The summed E-state index contributed by atoms with van der Waals surface area (Å²) in [5, 5.41) is 8.66. The van der Waals surface area contributed by atoms with Crippen LogP contribution in [-0.4, -0.2) is 19.6 Å². The Kier molecular flexibility index (Phi) is 2.92. The molecule has 0 aromatic carbocycles. The van der Waals surface area contributed by atoms with Crippen LogP contribution in [0.15, 0.2) is 6.20 Å². The number of nitrogens with zero attached hydrogens (tertiary/aromatic N) is 4. The molecule has 0 aliphatic heterocycles. The number of nitrogen functional groups attached to an aromatic ring is 1. The van der Waals surface area contributed by atoms with Gasteiger partial charge in [0, 0.05) is 17.8 Å². The van der Waals surface area contributed by atoms with Crippen LogP contribution in [0.2, 0.25) is 0 Å². The monoisotopic (exact) mass is 258 g/mol. The zero-order valence-corrected chi connectivity index (χ0v) is 11.8. The van der Waals surface area contributed by atoms with E-state index in [1.54, 1.807) is 6.20 Å². The van der Waals surface area contributed by atoms with E-state index < -0.39 is 0 Å². The van der Waals surface area contributed by atoms with Crippen LogP contribution in [0.4, 0.5) is 5.82 Å². The average molecular weight is 258 g/mol. The second-order valence-corrected chi connectivity index (χ2v) is 6.00. The number of fused-ring (bicyclic) bond motifs is 1. The van der Waals surface area contributed by atoms with Crippen molar-refractivity contribution in [3.05, 3.63) is 17.7 Å². The van der Waals surface area contributed by atoms with Crippen molar-refractivity contribution in [2.24, 2.45) is 11.8 Å². The number of hydrogen-bond donors (Lipinski definition) is 1. The second kappa shape index (κ2) is 4.47. The molecule has 3 atom stereocenters. The van der Waals surface area contributed by atoms with Gasteiger partial charge in [0.1, 0.15) is 5.82 Å². The molecule has 0 bridgehead atoms. The van der Waals surface area contributed by atoms with Crippen LogP contribution < -0.4 is 5.73 Å². The number of aryl methyl sites for hydroxylation is 1. The predicted molar refractivity (Wildman–Crippen MR) is 74.9 cm³/mol. The normalized spacial score (nSPS) is 27.8. The van der Waals surface area contributed by atoms with Gasteiger partial charge in [0.05, 0.1) is 0 Å². The Morgan fingerprint density at radius 1 is 1.26 bits per heavy atom. The third-order valence-corrected chi connectivity index (χ3v) is 4.45. The SMILES string of the molecule is C[C@@H]1CC[C@H](C)C(c2nnc3c(N)ncc([11CH3])n23)C1. The maximum Gasteiger partial charge on any atom is 0.203 e. The van der Waals surface area contributed by atoms with E-state index in [0.29, 0.717) is 23.3 Å². The lowest BCUT2D eigenvalue weighted by molar-refractivity contribution is 0.255. The summed E-state index contributed by atoms with van der Waals surface area (Å²) in [6.07, 6.45) is 5.56. The summed E-state index contributed by atoms with van der Waals surface area (Å²) in [6, 6.07) is 0. The van der Waals surface area contributed by atoms with E-state index in [-0.39, 0.29) is 0 Å². The van der Waals surface area contributed by atoms with Crippen molar-refractivity contribution in [3.63, 3.8) is 0 Å². The molecular formula is C14H21N5. The van der Waals surface area contributed by atoms with Crippen molar-refractivity contribution in [1.29, 1.82) is 0 Å². The van der Waals surface area contributed by atoms with Crippen LogP contribution in [0.5, 0.6) is 0 Å². The third-order valence-electron chi connectivity index (χ3n) is 4.45. The standard InChI is InChI=1S/C14H21N5/c1-8-4-5-9(2)11(6-8)13-17-18-14-12(15)16-7-10(3)19(13)14/h7-9,11H,4-6H2,1-3H3,(H2,15,16)/t8-,9+,11?/m1/s1/i3-1. The zero-order valence-electron chi connectivity index (χ0n) is 11.8. The Balaban J connectivity index is 2.12. The lowest BCUT2D eigenvalue weighted by atomic mass is 9.75. The quantitative estimate of drug-likeness (QED) is 0.853. The van der Waals surface area contributed by atoms with E-state index in [1.807, 2.05) is 6.92 Å². The van der Waals surface area contributed by atoms with Crippen molar-refractivity contribution >= 4 is 11.5 Å². The molecule has 5 heteroatoms. The Hall–Kier alpha value is -1.65. The lowest BCUT2D eigenvalue weighted by Crippen LogP contribution is -2.22. The summed E-state index contributed by atoms with van der Waals surface area (Å²) in [5.41, 5.74) is 7.64. The van der Waals surface area contributed by atoms with Gasteiger partial charge in [0.15, 0.2) is 5.82 Å². The molecule has 1 saturated carbocycles. The fourth-order valence-electron chi connectivity index (χ4n) is 3.22. The van der Waals surface area contributed by atoms with E-state index in [1.165, 1.54) is 19.3 Å². The molecule has 0 spiro atoms. The minimum Gasteiger partial charge on any atom is -0.381 e. The van der Waals surface area contributed by atoms with Gasteiger partial charge in [-0.1, -0.05) is 20.3 Å². The van der Waals surface area contributed by atoms with E-state index in [2.05, 4.69) is 33.4 Å². The first-order chi connectivity index (χ1) is 9.08. The van der Waals surface area contributed by atoms with Gasteiger partial charge >= 0.3 is 0 Å². The highest BCUT2D eigenvalue weighted by molar-refractivity contribution is 5.59. The summed E-state index contributed by atoms with van der Waals surface area (Å²) >= 11 is 0. The highest BCUT2D eigenvalue weighted by atomic mass is 15.3. The predicted octanol–water partition coefficient (Wildman–Crippen LogP) is 2.55. The van der Waals surface area contributed by atoms with Crippen LogP contribution in [0.25, 0.3) is 5.65 Å². The summed E-state index contributed by atoms with van der Waals surface area (Å²) in [7, 11) is 0. The number of rotatable bonds is 1. The molecule has 1 aliphatic carbocycles. The first-order valence-electron chi connectivity index (χ1n) is 7.04. The smallest absolute Gasteiger partial charge is 0.203 e. The number of nitrogens with two attached hydrogens (primary N) is 1. The molecule has 1 aliphatic rings. The largest absolute Gasteiger partial charge is 0.381 e. The molecule has 2 aromatic rings. The highest BCUT2D eigenvalue weighted by Gasteiger charge is 2.30. The molecule has 1 fully saturated rings. The molecule has 3 rings (SSSR count). The van der Waals surface area contributed by atoms with Crippen LogP contribution in [0.3, 0.4) is 0 Å². The number of aromatic nitrogens is 4. The second-order valence-electron chi connectivity index (χ2n) is 6.00. The third kappa shape index (κ3) is 1.97. The van der Waals surface area contributed by atoms with Gasteiger partial charge in [-0.15, -0.1) is 10.2 Å². The summed E-state index contributed by atoms with van der Waals surface area (Å²) < 4.78 is 2.08. The maximum atomic E-state index is 5.90. The molecule has 5 nitrogen and oxygen atoms in total. The summed E-state index contributed by atoms with van der Waals surface area (Å²) in [6.45, 7) is 6.67. The fraction of sp³-hybridized carbons (Fsp3) is 0.643. The zero-order chi connectivity index (χ0) is 13.6. The molecule has 2 aromatic heterocycles. The average Bonchev–Trinajstić information content (AvgIpc) is 2.83. The Bertz CT molecular complexity index is 603. The Morgan fingerprint density at radius 2 is 2.05 bits per heavy atom. The first-order valence-corrected chi connectivity index (χ1v) is 7.04. The Labute approximate surface area is 113 Å². The van der Waals surface area contributed by atoms with Crippen molar-refractivity contribution in [2.75, 3.05) is 5.73 Å². The summed E-state index contributed by atoms with van der Waals surface area (Å²) in [5.74, 6) is 3.39. The highest BCUT2D eigenvalue weighted by Crippen LogP contribution is 2.39. The van der Waals surface area contributed by atoms with Gasteiger partial charge < -0.3 is 5.73 Å².